The van der Waals surface area contributed by atoms with Gasteiger partial charge in [-0.3, -0.25) is 0 Å². The molecule has 0 saturated carbocycles. The zero-order valence-electron chi connectivity index (χ0n) is 7.78. The minimum Gasteiger partial charge on any atom is -0.455 e. The van der Waals surface area contributed by atoms with Crippen molar-refractivity contribution in [1.29, 1.82) is 0 Å². The van der Waals surface area contributed by atoms with Crippen molar-refractivity contribution in [2.24, 2.45) is 0 Å². The van der Waals surface area contributed by atoms with Crippen molar-refractivity contribution in [3.05, 3.63) is 17.5 Å². The van der Waals surface area contributed by atoms with Crippen LogP contribution < -0.4 is 4.74 Å². The van der Waals surface area contributed by atoms with Crippen molar-refractivity contribution in [3.63, 3.8) is 0 Å². The summed E-state index contributed by atoms with van der Waals surface area (Å²) in [6.07, 6.45) is 0.140. The van der Waals surface area contributed by atoms with Crippen molar-refractivity contribution in [1.82, 2.24) is 9.97 Å². The lowest BCUT2D eigenvalue weighted by Gasteiger charge is -2.25. The number of ether oxygens (including phenoxy) is 2. The van der Waals surface area contributed by atoms with E-state index in [1.165, 1.54) is 0 Å². The molecule has 1 aromatic rings. The van der Waals surface area contributed by atoms with Crippen LogP contribution in [0, 0.1) is 13.8 Å². The molecule has 1 aromatic heterocycles. The predicted molar refractivity (Wildman–Crippen MR) is 46.7 cm³/mol. The Labute approximate surface area is 76.9 Å². The molecule has 1 aliphatic heterocycles. The van der Waals surface area contributed by atoms with Gasteiger partial charge in [0.25, 0.3) is 0 Å². The molecule has 1 fully saturated rings. The second-order valence-electron chi connectivity index (χ2n) is 3.21. The number of aryl methyl sites for hydroxylation is 2. The Morgan fingerprint density at radius 3 is 2.38 bits per heavy atom. The topological polar surface area (TPSA) is 44.2 Å². The van der Waals surface area contributed by atoms with Crippen LogP contribution in [0.2, 0.25) is 0 Å². The van der Waals surface area contributed by atoms with Crippen molar-refractivity contribution < 1.29 is 9.47 Å². The van der Waals surface area contributed by atoms with Gasteiger partial charge >= 0.3 is 6.01 Å². The molecule has 0 radical (unpaired) electrons. The summed E-state index contributed by atoms with van der Waals surface area (Å²) < 4.78 is 10.5. The summed E-state index contributed by atoms with van der Waals surface area (Å²) in [6, 6.07) is 2.38. The third kappa shape index (κ3) is 1.95. The first-order valence-electron chi connectivity index (χ1n) is 4.31. The summed E-state index contributed by atoms with van der Waals surface area (Å²) in [4.78, 5) is 8.33. The summed E-state index contributed by atoms with van der Waals surface area (Å²) in [5.74, 6) is 0. The first-order valence-corrected chi connectivity index (χ1v) is 4.31. The smallest absolute Gasteiger partial charge is 0.317 e. The Bertz CT molecular complexity index is 290. The van der Waals surface area contributed by atoms with Crippen molar-refractivity contribution in [2.45, 2.75) is 20.0 Å². The Hall–Kier alpha value is -1.16. The molecule has 0 amide bonds. The number of rotatable bonds is 2. The van der Waals surface area contributed by atoms with E-state index >= 15 is 0 Å². The fourth-order valence-electron chi connectivity index (χ4n) is 1.18. The standard InChI is InChI=1S/C9H12N2O2/c1-6-3-7(2)11-9(10-6)13-8-4-12-5-8/h3,8H,4-5H2,1-2H3. The lowest BCUT2D eigenvalue weighted by Crippen LogP contribution is -2.39. The molecule has 0 bridgehead atoms. The zero-order valence-corrected chi connectivity index (χ0v) is 7.78. The van der Waals surface area contributed by atoms with Gasteiger partial charge in [0.1, 0.15) is 6.10 Å². The molecule has 2 rings (SSSR count). The Morgan fingerprint density at radius 1 is 1.31 bits per heavy atom. The van der Waals surface area contributed by atoms with E-state index in [1.807, 2.05) is 19.9 Å². The van der Waals surface area contributed by atoms with E-state index < -0.39 is 0 Å². The van der Waals surface area contributed by atoms with E-state index in [9.17, 15) is 0 Å². The molecule has 4 nitrogen and oxygen atoms in total. The van der Waals surface area contributed by atoms with Crippen LogP contribution in [0.3, 0.4) is 0 Å². The minimum atomic E-state index is 0.140. The van der Waals surface area contributed by atoms with Gasteiger partial charge in [-0.15, -0.1) is 0 Å². The molecular weight excluding hydrogens is 168 g/mol. The molecule has 2 heterocycles. The zero-order chi connectivity index (χ0) is 9.26. The van der Waals surface area contributed by atoms with Crippen molar-refractivity contribution in [3.8, 4) is 6.01 Å². The molecule has 13 heavy (non-hydrogen) atoms. The van der Waals surface area contributed by atoms with Gasteiger partial charge in [-0.1, -0.05) is 0 Å². The lowest BCUT2D eigenvalue weighted by atomic mass is 10.3. The molecule has 0 atom stereocenters. The molecular formula is C9H12N2O2. The highest BCUT2D eigenvalue weighted by Gasteiger charge is 2.21. The largest absolute Gasteiger partial charge is 0.455 e. The second kappa shape index (κ2) is 3.30. The molecule has 0 N–H and O–H groups in total. The van der Waals surface area contributed by atoms with Gasteiger partial charge in [0.05, 0.1) is 13.2 Å². The van der Waals surface area contributed by atoms with Gasteiger partial charge in [0.15, 0.2) is 0 Å². The number of hydrogen-bond acceptors (Lipinski definition) is 4. The van der Waals surface area contributed by atoms with Crippen LogP contribution in [0.4, 0.5) is 0 Å². The van der Waals surface area contributed by atoms with E-state index in [1.54, 1.807) is 0 Å². The highest BCUT2D eigenvalue weighted by atomic mass is 16.6. The van der Waals surface area contributed by atoms with Crippen LogP contribution in [-0.2, 0) is 4.74 Å². The Kier molecular flexibility index (Phi) is 2.14. The third-order valence-electron chi connectivity index (χ3n) is 1.84. The average Bonchev–Trinajstić information content (AvgIpc) is 1.95. The average molecular weight is 180 g/mol. The van der Waals surface area contributed by atoms with Gasteiger partial charge in [0.2, 0.25) is 0 Å². The molecule has 70 valence electrons. The van der Waals surface area contributed by atoms with Crippen LogP contribution in [0.5, 0.6) is 6.01 Å². The SMILES string of the molecule is Cc1cc(C)nc(OC2COC2)n1. The number of aromatic nitrogens is 2. The van der Waals surface area contributed by atoms with Crippen LogP contribution in [0.1, 0.15) is 11.4 Å². The van der Waals surface area contributed by atoms with Gasteiger partial charge in [-0.2, -0.15) is 0 Å². The van der Waals surface area contributed by atoms with Crippen LogP contribution in [0.15, 0.2) is 6.07 Å². The fraction of sp³-hybridized carbons (Fsp3) is 0.556. The van der Waals surface area contributed by atoms with E-state index in [0.29, 0.717) is 19.2 Å². The molecule has 4 heteroatoms. The van der Waals surface area contributed by atoms with E-state index in [2.05, 4.69) is 9.97 Å². The highest BCUT2D eigenvalue weighted by molar-refractivity contribution is 5.11. The minimum absolute atomic E-state index is 0.140. The monoisotopic (exact) mass is 180 g/mol. The maximum Gasteiger partial charge on any atom is 0.317 e. The van der Waals surface area contributed by atoms with Crippen molar-refractivity contribution >= 4 is 0 Å². The van der Waals surface area contributed by atoms with Gasteiger partial charge in [0, 0.05) is 11.4 Å². The third-order valence-corrected chi connectivity index (χ3v) is 1.84. The van der Waals surface area contributed by atoms with E-state index in [0.717, 1.165) is 11.4 Å². The first-order chi connectivity index (χ1) is 6.24. The quantitative estimate of drug-likeness (QED) is 0.677. The normalized spacial score (nSPS) is 16.8. The second-order valence-corrected chi connectivity index (χ2v) is 3.21. The van der Waals surface area contributed by atoms with E-state index in [4.69, 9.17) is 9.47 Å². The molecule has 1 aliphatic rings. The van der Waals surface area contributed by atoms with Gasteiger partial charge in [-0.05, 0) is 19.9 Å². The number of hydrogen-bond donors (Lipinski definition) is 0. The van der Waals surface area contributed by atoms with Crippen LogP contribution in [0.25, 0.3) is 0 Å². The van der Waals surface area contributed by atoms with Crippen LogP contribution >= 0.6 is 0 Å². The summed E-state index contributed by atoms with van der Waals surface area (Å²) in [5.41, 5.74) is 1.87. The summed E-state index contributed by atoms with van der Waals surface area (Å²) in [5, 5.41) is 0. The lowest BCUT2D eigenvalue weighted by molar-refractivity contribution is -0.0832. The molecule has 0 aliphatic carbocycles. The van der Waals surface area contributed by atoms with Crippen LogP contribution in [-0.4, -0.2) is 29.3 Å². The molecule has 0 spiro atoms. The summed E-state index contributed by atoms with van der Waals surface area (Å²) in [7, 11) is 0. The van der Waals surface area contributed by atoms with E-state index in [-0.39, 0.29) is 6.10 Å². The Balaban J connectivity index is 2.10. The highest BCUT2D eigenvalue weighted by Crippen LogP contribution is 2.12. The fourth-order valence-corrected chi connectivity index (χ4v) is 1.18. The maximum atomic E-state index is 5.46. The maximum absolute atomic E-state index is 5.46. The van der Waals surface area contributed by atoms with Crippen molar-refractivity contribution in [2.75, 3.05) is 13.2 Å². The molecule has 0 aromatic carbocycles. The predicted octanol–water partition coefficient (Wildman–Crippen LogP) is 0.871. The number of nitrogens with zero attached hydrogens (tertiary/aromatic N) is 2. The first kappa shape index (κ1) is 8.44. The Morgan fingerprint density at radius 2 is 1.92 bits per heavy atom. The summed E-state index contributed by atoms with van der Waals surface area (Å²) in [6.45, 7) is 5.16. The summed E-state index contributed by atoms with van der Waals surface area (Å²) >= 11 is 0. The molecule has 1 saturated heterocycles. The molecule has 0 unspecified atom stereocenters. The van der Waals surface area contributed by atoms with Gasteiger partial charge in [-0.25, -0.2) is 9.97 Å². The van der Waals surface area contributed by atoms with Gasteiger partial charge < -0.3 is 9.47 Å².